The average molecular weight is 409 g/mol. The fourth-order valence-electron chi connectivity index (χ4n) is 2.79. The molecule has 27 heavy (non-hydrogen) atoms. The molecule has 1 saturated heterocycles. The van der Waals surface area contributed by atoms with Crippen LogP contribution in [0, 0.1) is 0 Å². The van der Waals surface area contributed by atoms with Gasteiger partial charge in [0.15, 0.2) is 0 Å². The smallest absolute Gasteiger partial charge is 0.252 e. The van der Waals surface area contributed by atoms with E-state index >= 15 is 0 Å². The largest absolute Gasteiger partial charge is 0.379 e. The van der Waals surface area contributed by atoms with Gasteiger partial charge in [-0.25, -0.2) is 8.42 Å². The Morgan fingerprint density at radius 2 is 1.81 bits per heavy atom. The molecule has 2 aromatic rings. The number of amides is 1. The van der Waals surface area contributed by atoms with Crippen LogP contribution in [0.4, 0.5) is 0 Å². The standard InChI is InChI=1S/C19H24N2O4S2/c1-14(2)15-3-5-16(6-4-15)19(22)20-13-17-7-8-18(26-17)27(23,24)21-9-11-25-12-10-21/h3-8,14H,9-13H2,1-2H3,(H,20,22). The molecule has 1 fully saturated rings. The van der Waals surface area contributed by atoms with E-state index in [2.05, 4.69) is 19.2 Å². The molecule has 1 aliphatic rings. The number of carbonyl (C=O) groups is 1. The summed E-state index contributed by atoms with van der Waals surface area (Å²) < 4.78 is 32.2. The number of rotatable bonds is 6. The summed E-state index contributed by atoms with van der Waals surface area (Å²) in [7, 11) is -3.49. The molecule has 0 radical (unpaired) electrons. The van der Waals surface area contributed by atoms with E-state index in [4.69, 9.17) is 4.74 Å². The van der Waals surface area contributed by atoms with Crippen molar-refractivity contribution in [3.63, 3.8) is 0 Å². The number of sulfonamides is 1. The first-order valence-corrected chi connectivity index (χ1v) is 11.2. The van der Waals surface area contributed by atoms with Gasteiger partial charge in [0.25, 0.3) is 15.9 Å². The highest BCUT2D eigenvalue weighted by molar-refractivity contribution is 7.91. The maximum absolute atomic E-state index is 12.6. The minimum atomic E-state index is -3.49. The fraction of sp³-hybridized carbons (Fsp3) is 0.421. The van der Waals surface area contributed by atoms with Crippen molar-refractivity contribution in [2.24, 2.45) is 0 Å². The zero-order valence-corrected chi connectivity index (χ0v) is 17.1. The number of thiophene rings is 1. The van der Waals surface area contributed by atoms with Gasteiger partial charge in [0.1, 0.15) is 4.21 Å². The summed E-state index contributed by atoms with van der Waals surface area (Å²) in [6, 6.07) is 10.9. The highest BCUT2D eigenvalue weighted by atomic mass is 32.2. The van der Waals surface area contributed by atoms with Crippen molar-refractivity contribution in [1.29, 1.82) is 0 Å². The quantitative estimate of drug-likeness (QED) is 0.797. The van der Waals surface area contributed by atoms with Crippen LogP contribution in [-0.2, 0) is 21.3 Å². The Bertz CT molecular complexity index is 883. The third-order valence-corrected chi connectivity index (χ3v) is 7.92. The second-order valence-corrected chi connectivity index (χ2v) is 10.0. The van der Waals surface area contributed by atoms with Gasteiger partial charge in [0, 0.05) is 23.5 Å². The lowest BCUT2D eigenvalue weighted by molar-refractivity contribution is 0.0731. The molecule has 8 heteroatoms. The number of morpholine rings is 1. The van der Waals surface area contributed by atoms with Crippen molar-refractivity contribution < 1.29 is 17.9 Å². The van der Waals surface area contributed by atoms with E-state index in [1.165, 1.54) is 21.2 Å². The van der Waals surface area contributed by atoms with E-state index in [0.717, 1.165) is 4.88 Å². The molecule has 3 rings (SSSR count). The van der Waals surface area contributed by atoms with E-state index in [0.29, 0.717) is 48.5 Å². The lowest BCUT2D eigenvalue weighted by atomic mass is 10.0. The normalized spacial score (nSPS) is 15.8. The lowest BCUT2D eigenvalue weighted by Crippen LogP contribution is -2.40. The minimum absolute atomic E-state index is 0.170. The maximum atomic E-state index is 12.6. The third-order valence-electron chi connectivity index (χ3n) is 4.46. The summed E-state index contributed by atoms with van der Waals surface area (Å²) in [4.78, 5) is 13.1. The SMILES string of the molecule is CC(C)c1ccc(C(=O)NCc2ccc(S(=O)(=O)N3CCOCC3)s2)cc1. The molecule has 1 aliphatic heterocycles. The van der Waals surface area contributed by atoms with Crippen LogP contribution < -0.4 is 5.32 Å². The van der Waals surface area contributed by atoms with E-state index in [1.807, 2.05) is 24.3 Å². The van der Waals surface area contributed by atoms with Crippen LogP contribution in [0.1, 0.15) is 40.6 Å². The Morgan fingerprint density at radius 3 is 2.44 bits per heavy atom. The van der Waals surface area contributed by atoms with Crippen LogP contribution in [-0.4, -0.2) is 44.9 Å². The highest BCUT2D eigenvalue weighted by Gasteiger charge is 2.27. The monoisotopic (exact) mass is 408 g/mol. The van der Waals surface area contributed by atoms with Crippen LogP contribution in [0.15, 0.2) is 40.6 Å². The molecular formula is C19H24N2O4S2. The minimum Gasteiger partial charge on any atom is -0.379 e. The van der Waals surface area contributed by atoms with Crippen molar-refractivity contribution >= 4 is 27.3 Å². The van der Waals surface area contributed by atoms with Gasteiger partial charge < -0.3 is 10.1 Å². The zero-order chi connectivity index (χ0) is 19.4. The molecule has 2 heterocycles. The van der Waals surface area contributed by atoms with Crippen molar-refractivity contribution in [3.8, 4) is 0 Å². The predicted octanol–water partition coefficient (Wildman–Crippen LogP) is 2.82. The molecule has 146 valence electrons. The third kappa shape index (κ3) is 4.76. The first-order valence-electron chi connectivity index (χ1n) is 8.92. The molecule has 1 aromatic carbocycles. The van der Waals surface area contributed by atoms with Gasteiger partial charge in [0.2, 0.25) is 0 Å². The molecule has 0 bridgehead atoms. The molecule has 1 amide bonds. The summed E-state index contributed by atoms with van der Waals surface area (Å²) in [6.07, 6.45) is 0. The Kier molecular flexibility index (Phi) is 6.31. The van der Waals surface area contributed by atoms with Crippen molar-refractivity contribution in [1.82, 2.24) is 9.62 Å². The molecule has 6 nitrogen and oxygen atoms in total. The average Bonchev–Trinajstić information content (AvgIpc) is 3.17. The Labute approximate surface area is 164 Å². The second-order valence-electron chi connectivity index (χ2n) is 6.70. The van der Waals surface area contributed by atoms with Gasteiger partial charge in [-0.15, -0.1) is 11.3 Å². The van der Waals surface area contributed by atoms with Gasteiger partial charge in [0.05, 0.1) is 19.8 Å². The summed E-state index contributed by atoms with van der Waals surface area (Å²) >= 11 is 1.19. The Morgan fingerprint density at radius 1 is 1.15 bits per heavy atom. The van der Waals surface area contributed by atoms with Crippen LogP contribution in [0.2, 0.25) is 0 Å². The second kappa shape index (κ2) is 8.52. The van der Waals surface area contributed by atoms with Gasteiger partial charge in [-0.1, -0.05) is 26.0 Å². The fourth-order valence-corrected chi connectivity index (χ4v) is 5.65. The van der Waals surface area contributed by atoms with Crippen LogP contribution in [0.25, 0.3) is 0 Å². The number of hydrogen-bond donors (Lipinski definition) is 1. The van der Waals surface area contributed by atoms with Gasteiger partial charge in [-0.05, 0) is 35.7 Å². The highest BCUT2D eigenvalue weighted by Crippen LogP contribution is 2.25. The van der Waals surface area contributed by atoms with Gasteiger partial charge in [-0.3, -0.25) is 4.79 Å². The number of nitrogens with zero attached hydrogens (tertiary/aromatic N) is 1. The molecule has 0 spiro atoms. The summed E-state index contributed by atoms with van der Waals surface area (Å²) in [5, 5.41) is 2.85. The number of benzene rings is 1. The van der Waals surface area contributed by atoms with Crippen LogP contribution in [0.3, 0.4) is 0 Å². The predicted molar refractivity (Wildman–Crippen MR) is 106 cm³/mol. The Hall–Kier alpha value is -1.74. The van der Waals surface area contributed by atoms with Gasteiger partial charge in [-0.2, -0.15) is 4.31 Å². The maximum Gasteiger partial charge on any atom is 0.252 e. The number of carbonyl (C=O) groups excluding carboxylic acids is 1. The number of nitrogens with one attached hydrogen (secondary N) is 1. The van der Waals surface area contributed by atoms with E-state index in [1.54, 1.807) is 12.1 Å². The first kappa shape index (κ1) is 20.0. The molecule has 1 N–H and O–H groups in total. The lowest BCUT2D eigenvalue weighted by Gasteiger charge is -2.25. The van der Waals surface area contributed by atoms with Crippen molar-refractivity contribution in [3.05, 3.63) is 52.4 Å². The first-order chi connectivity index (χ1) is 12.9. The number of ether oxygens (including phenoxy) is 1. The van der Waals surface area contributed by atoms with Gasteiger partial charge >= 0.3 is 0 Å². The number of hydrogen-bond acceptors (Lipinski definition) is 5. The summed E-state index contributed by atoms with van der Waals surface area (Å²) in [5.41, 5.74) is 1.78. The topological polar surface area (TPSA) is 75.7 Å². The summed E-state index contributed by atoms with van der Waals surface area (Å²) in [6.45, 7) is 6.10. The van der Waals surface area contributed by atoms with E-state index in [9.17, 15) is 13.2 Å². The van der Waals surface area contributed by atoms with Crippen LogP contribution in [0.5, 0.6) is 0 Å². The molecular weight excluding hydrogens is 384 g/mol. The molecule has 1 aromatic heterocycles. The molecule has 0 atom stereocenters. The van der Waals surface area contributed by atoms with Crippen molar-refractivity contribution in [2.75, 3.05) is 26.3 Å². The molecule has 0 aliphatic carbocycles. The Balaban J connectivity index is 1.61. The van der Waals surface area contributed by atoms with Crippen molar-refractivity contribution in [2.45, 2.75) is 30.5 Å². The zero-order valence-electron chi connectivity index (χ0n) is 15.5. The van der Waals surface area contributed by atoms with Crippen LogP contribution >= 0.6 is 11.3 Å². The summed E-state index contributed by atoms with van der Waals surface area (Å²) in [5.74, 6) is 0.247. The molecule has 0 saturated carbocycles. The van der Waals surface area contributed by atoms with E-state index in [-0.39, 0.29) is 5.91 Å². The van der Waals surface area contributed by atoms with E-state index < -0.39 is 10.0 Å². The molecule has 0 unspecified atom stereocenters.